The third-order valence-electron chi connectivity index (χ3n) is 2.08. The average Bonchev–Trinajstić information content (AvgIpc) is 2.64. The molecule has 2 aromatic heterocycles. The highest BCUT2D eigenvalue weighted by Crippen LogP contribution is 2.06. The molecule has 0 atom stereocenters. The molecule has 0 bridgehead atoms. The summed E-state index contributed by atoms with van der Waals surface area (Å²) in [5.74, 6) is 0.0150. The van der Waals surface area contributed by atoms with Gasteiger partial charge in [-0.1, -0.05) is 11.3 Å². The number of aromatic amines is 1. The fourth-order valence-electron chi connectivity index (χ4n) is 1.28. The van der Waals surface area contributed by atoms with Crippen molar-refractivity contribution in [2.75, 3.05) is 0 Å². The molecule has 0 saturated heterocycles. The lowest BCUT2D eigenvalue weighted by molar-refractivity contribution is -0.732. The van der Waals surface area contributed by atoms with Gasteiger partial charge >= 0.3 is 5.82 Å². The van der Waals surface area contributed by atoms with Crippen LogP contribution >= 0.6 is 0 Å². The van der Waals surface area contributed by atoms with Crippen molar-refractivity contribution in [3.63, 3.8) is 0 Å². The van der Waals surface area contributed by atoms with Crippen molar-refractivity contribution in [2.24, 2.45) is 7.05 Å². The second kappa shape index (κ2) is 3.56. The topological polar surface area (TPSA) is 75.4 Å². The molecule has 1 N–H and O–H groups in total. The van der Waals surface area contributed by atoms with Gasteiger partial charge in [-0.25, -0.2) is 0 Å². The van der Waals surface area contributed by atoms with Crippen molar-refractivity contribution in [1.29, 1.82) is 0 Å². The van der Waals surface area contributed by atoms with Gasteiger partial charge in [0, 0.05) is 6.20 Å². The summed E-state index contributed by atoms with van der Waals surface area (Å²) in [6.07, 6.45) is 1.58. The van der Waals surface area contributed by atoms with E-state index in [1.54, 1.807) is 19.3 Å². The summed E-state index contributed by atoms with van der Waals surface area (Å²) in [4.78, 5) is 16.0. The molecule has 0 unspecified atom stereocenters. The number of H-pyrrole nitrogens is 1. The van der Waals surface area contributed by atoms with E-state index < -0.39 is 0 Å². The third kappa shape index (κ3) is 1.61. The maximum Gasteiger partial charge on any atom is 0.374 e. The molecule has 0 saturated carbocycles. The van der Waals surface area contributed by atoms with Crippen LogP contribution in [0.1, 0.15) is 21.9 Å². The van der Waals surface area contributed by atoms with Gasteiger partial charge in [-0.05, 0) is 18.6 Å². The second-order valence-electron chi connectivity index (χ2n) is 3.18. The minimum absolute atomic E-state index is 0.232. The average molecular weight is 204 g/mol. The van der Waals surface area contributed by atoms with Crippen LogP contribution in [0.5, 0.6) is 0 Å². The van der Waals surface area contributed by atoms with Crippen LogP contribution in [0.4, 0.5) is 0 Å². The highest BCUT2D eigenvalue weighted by molar-refractivity contribution is 6.04. The Morgan fingerprint density at radius 1 is 1.53 bits per heavy atom. The van der Waals surface area contributed by atoms with Gasteiger partial charge < -0.3 is 0 Å². The van der Waals surface area contributed by atoms with Gasteiger partial charge in [0.1, 0.15) is 10.8 Å². The predicted molar refractivity (Wildman–Crippen MR) is 50.0 cm³/mol. The van der Waals surface area contributed by atoms with E-state index in [2.05, 4.69) is 20.5 Å². The zero-order chi connectivity index (χ0) is 10.8. The number of hydrogen-bond donors (Lipinski definition) is 1. The zero-order valence-electron chi connectivity index (χ0n) is 8.43. The molecule has 2 rings (SSSR count). The van der Waals surface area contributed by atoms with Gasteiger partial charge in [0.25, 0.3) is 5.78 Å². The molecule has 0 aliphatic heterocycles. The lowest BCUT2D eigenvalue weighted by Gasteiger charge is -1.98. The van der Waals surface area contributed by atoms with E-state index in [1.807, 2.05) is 13.0 Å². The maximum atomic E-state index is 11.9. The lowest BCUT2D eigenvalue weighted by atomic mass is 10.1. The van der Waals surface area contributed by atoms with Gasteiger partial charge in [-0.3, -0.25) is 9.78 Å². The summed E-state index contributed by atoms with van der Waals surface area (Å²) in [7, 11) is 1.67. The smallest absolute Gasteiger partial charge is 0.280 e. The van der Waals surface area contributed by atoms with E-state index in [1.165, 1.54) is 4.68 Å². The van der Waals surface area contributed by atoms with Crippen LogP contribution in [-0.4, -0.2) is 26.3 Å². The number of aryl methyl sites for hydroxylation is 2. The summed E-state index contributed by atoms with van der Waals surface area (Å²) >= 11 is 0. The molecule has 0 aliphatic rings. The first-order valence-electron chi connectivity index (χ1n) is 4.43. The number of pyridine rings is 1. The molecule has 6 heteroatoms. The van der Waals surface area contributed by atoms with Crippen LogP contribution in [0.25, 0.3) is 0 Å². The first-order chi connectivity index (χ1) is 7.20. The van der Waals surface area contributed by atoms with Crippen molar-refractivity contribution in [1.82, 2.24) is 20.5 Å². The van der Waals surface area contributed by atoms with Gasteiger partial charge in [0.15, 0.2) is 5.21 Å². The van der Waals surface area contributed by atoms with Crippen LogP contribution in [0.2, 0.25) is 0 Å². The number of aromatic nitrogens is 5. The number of carbonyl (C=O) groups is 1. The molecule has 0 spiro atoms. The summed E-state index contributed by atoms with van der Waals surface area (Å²) in [6, 6.07) is 3.62. The van der Waals surface area contributed by atoms with E-state index in [0.717, 1.165) is 5.56 Å². The normalized spacial score (nSPS) is 10.3. The number of nitrogens with zero attached hydrogens (tertiary/aromatic N) is 4. The maximum absolute atomic E-state index is 11.9. The SMILES string of the molecule is Cc1cccnc1C(=O)c1nn[nH][n+]1C. The van der Waals surface area contributed by atoms with Crippen LogP contribution < -0.4 is 4.68 Å². The Hall–Kier alpha value is -2.11. The quantitative estimate of drug-likeness (QED) is 0.531. The Labute approximate surface area is 85.9 Å². The monoisotopic (exact) mass is 204 g/mol. The molecule has 0 amide bonds. The Morgan fingerprint density at radius 2 is 2.33 bits per heavy atom. The van der Waals surface area contributed by atoms with E-state index in [9.17, 15) is 4.79 Å². The van der Waals surface area contributed by atoms with E-state index in [-0.39, 0.29) is 11.6 Å². The van der Waals surface area contributed by atoms with Crippen molar-refractivity contribution in [3.8, 4) is 0 Å². The molecule has 0 fully saturated rings. The first-order valence-corrected chi connectivity index (χ1v) is 4.43. The number of carbonyl (C=O) groups excluding carboxylic acids is 1. The lowest BCUT2D eigenvalue weighted by Crippen LogP contribution is -2.37. The highest BCUT2D eigenvalue weighted by atomic mass is 16.1. The highest BCUT2D eigenvalue weighted by Gasteiger charge is 2.25. The van der Waals surface area contributed by atoms with Crippen LogP contribution in [0.15, 0.2) is 18.3 Å². The third-order valence-corrected chi connectivity index (χ3v) is 2.08. The summed E-state index contributed by atoms with van der Waals surface area (Å²) in [6.45, 7) is 1.83. The molecule has 2 aromatic rings. The predicted octanol–water partition coefficient (Wildman–Crippen LogP) is -0.436. The van der Waals surface area contributed by atoms with E-state index in [4.69, 9.17) is 0 Å². The Balaban J connectivity index is 2.46. The number of ketones is 1. The molecular formula is C9H10N5O+. The van der Waals surface area contributed by atoms with Crippen molar-refractivity contribution < 1.29 is 9.48 Å². The molecule has 0 aromatic carbocycles. The molecule has 6 nitrogen and oxygen atoms in total. The van der Waals surface area contributed by atoms with E-state index in [0.29, 0.717) is 5.69 Å². The van der Waals surface area contributed by atoms with E-state index >= 15 is 0 Å². The van der Waals surface area contributed by atoms with Gasteiger partial charge in [-0.2, -0.15) is 4.68 Å². The Kier molecular flexibility index (Phi) is 2.24. The second-order valence-corrected chi connectivity index (χ2v) is 3.18. The minimum atomic E-state index is -0.232. The summed E-state index contributed by atoms with van der Waals surface area (Å²) in [5, 5.41) is 9.78. The van der Waals surface area contributed by atoms with Crippen molar-refractivity contribution in [2.45, 2.75) is 6.92 Å². The number of tetrazole rings is 1. The first kappa shape index (κ1) is 9.45. The molecule has 15 heavy (non-hydrogen) atoms. The molecule has 0 aliphatic carbocycles. The summed E-state index contributed by atoms with van der Waals surface area (Å²) < 4.78 is 1.45. The summed E-state index contributed by atoms with van der Waals surface area (Å²) in [5.41, 5.74) is 1.23. The minimum Gasteiger partial charge on any atom is -0.280 e. The number of hydrogen-bond acceptors (Lipinski definition) is 4. The van der Waals surface area contributed by atoms with Gasteiger partial charge in [-0.15, -0.1) is 0 Å². The fraction of sp³-hybridized carbons (Fsp3) is 0.222. The van der Waals surface area contributed by atoms with Crippen LogP contribution in [0.3, 0.4) is 0 Å². The van der Waals surface area contributed by atoms with Crippen molar-refractivity contribution in [3.05, 3.63) is 35.4 Å². The van der Waals surface area contributed by atoms with Crippen molar-refractivity contribution >= 4 is 5.78 Å². The standard InChI is InChI=1S/C9H9N5O/c1-6-4-3-5-10-7(6)8(15)9-11-12-13-14(9)2/h3-5H,1-2H3/p+1. The number of rotatable bonds is 2. The zero-order valence-corrected chi connectivity index (χ0v) is 8.43. The molecule has 0 radical (unpaired) electrons. The Morgan fingerprint density at radius 3 is 2.93 bits per heavy atom. The van der Waals surface area contributed by atoms with Crippen LogP contribution in [0, 0.1) is 6.92 Å². The molecule has 2 heterocycles. The Bertz CT molecular complexity index is 505. The van der Waals surface area contributed by atoms with Crippen LogP contribution in [-0.2, 0) is 7.05 Å². The van der Waals surface area contributed by atoms with Gasteiger partial charge in [0.05, 0.1) is 7.05 Å². The number of nitrogens with one attached hydrogen (secondary N) is 1. The fourth-order valence-corrected chi connectivity index (χ4v) is 1.28. The molecular weight excluding hydrogens is 194 g/mol. The molecule has 76 valence electrons. The largest absolute Gasteiger partial charge is 0.374 e. The van der Waals surface area contributed by atoms with Gasteiger partial charge in [0.2, 0.25) is 0 Å².